The van der Waals surface area contributed by atoms with Gasteiger partial charge >= 0.3 is 0 Å². The SMILES string of the molecule is CCOc1ccccc1C(N)CSc1nc(C)co1. The number of hydrogen-bond donors (Lipinski definition) is 1. The number of aromatic nitrogens is 1. The van der Waals surface area contributed by atoms with E-state index in [-0.39, 0.29) is 6.04 Å². The van der Waals surface area contributed by atoms with E-state index in [1.165, 1.54) is 11.8 Å². The summed E-state index contributed by atoms with van der Waals surface area (Å²) in [6.07, 6.45) is 1.64. The monoisotopic (exact) mass is 278 g/mol. The first-order valence-electron chi connectivity index (χ1n) is 6.23. The van der Waals surface area contributed by atoms with Gasteiger partial charge in [-0.2, -0.15) is 0 Å². The maximum atomic E-state index is 6.21. The van der Waals surface area contributed by atoms with Crippen LogP contribution in [0.25, 0.3) is 0 Å². The molecule has 1 heterocycles. The van der Waals surface area contributed by atoms with E-state index in [0.717, 1.165) is 17.0 Å². The lowest BCUT2D eigenvalue weighted by molar-refractivity contribution is 0.335. The van der Waals surface area contributed by atoms with Gasteiger partial charge in [0.25, 0.3) is 5.22 Å². The zero-order valence-electron chi connectivity index (χ0n) is 11.1. The Balaban J connectivity index is 2.01. The number of nitrogens with two attached hydrogens (primary N) is 1. The van der Waals surface area contributed by atoms with Gasteiger partial charge in [-0.3, -0.25) is 0 Å². The van der Waals surface area contributed by atoms with Crippen LogP contribution in [0.15, 0.2) is 40.2 Å². The lowest BCUT2D eigenvalue weighted by atomic mass is 10.1. The number of nitrogens with zero attached hydrogens (tertiary/aromatic N) is 1. The van der Waals surface area contributed by atoms with Gasteiger partial charge in [-0.25, -0.2) is 4.98 Å². The van der Waals surface area contributed by atoms with E-state index in [0.29, 0.717) is 17.6 Å². The maximum absolute atomic E-state index is 6.21. The molecule has 2 aromatic rings. The van der Waals surface area contributed by atoms with Crippen LogP contribution in [0.4, 0.5) is 0 Å². The van der Waals surface area contributed by atoms with Crippen molar-refractivity contribution in [2.24, 2.45) is 5.73 Å². The molecule has 19 heavy (non-hydrogen) atoms. The Morgan fingerprint density at radius 2 is 2.21 bits per heavy atom. The first-order chi connectivity index (χ1) is 9.20. The molecule has 2 rings (SSSR count). The summed E-state index contributed by atoms with van der Waals surface area (Å²) in [7, 11) is 0. The molecule has 1 aromatic heterocycles. The first-order valence-corrected chi connectivity index (χ1v) is 7.21. The van der Waals surface area contributed by atoms with Crippen molar-refractivity contribution in [2.75, 3.05) is 12.4 Å². The summed E-state index contributed by atoms with van der Waals surface area (Å²) in [5.74, 6) is 1.55. The summed E-state index contributed by atoms with van der Waals surface area (Å²) in [4.78, 5) is 4.24. The molecular formula is C14H18N2O2S. The highest BCUT2D eigenvalue weighted by Gasteiger charge is 2.13. The Kier molecular flexibility index (Phi) is 4.87. The molecule has 0 bridgehead atoms. The third-order valence-electron chi connectivity index (χ3n) is 2.60. The summed E-state index contributed by atoms with van der Waals surface area (Å²) < 4.78 is 10.9. The fourth-order valence-corrected chi connectivity index (χ4v) is 2.55. The quantitative estimate of drug-likeness (QED) is 0.822. The molecule has 1 aromatic carbocycles. The molecule has 0 amide bonds. The van der Waals surface area contributed by atoms with Crippen LogP contribution in [0.1, 0.15) is 24.2 Å². The highest BCUT2D eigenvalue weighted by atomic mass is 32.2. The molecule has 0 aliphatic carbocycles. The van der Waals surface area contributed by atoms with Gasteiger partial charge < -0.3 is 14.9 Å². The summed E-state index contributed by atoms with van der Waals surface area (Å²) >= 11 is 1.51. The molecule has 0 fully saturated rings. The van der Waals surface area contributed by atoms with Gasteiger partial charge in [0.1, 0.15) is 12.0 Å². The fourth-order valence-electron chi connectivity index (χ4n) is 1.72. The molecule has 4 nitrogen and oxygen atoms in total. The first kappa shape index (κ1) is 14.0. The molecule has 0 aliphatic rings. The van der Waals surface area contributed by atoms with Gasteiger partial charge in [0, 0.05) is 17.4 Å². The van der Waals surface area contributed by atoms with Crippen LogP contribution in [0.2, 0.25) is 0 Å². The minimum atomic E-state index is -0.111. The Bertz CT molecular complexity index is 528. The average molecular weight is 278 g/mol. The predicted octanol–water partition coefficient (Wildman–Crippen LogP) is 3.17. The number of aryl methyl sites for hydroxylation is 1. The molecule has 0 spiro atoms. The largest absolute Gasteiger partial charge is 0.494 e. The molecular weight excluding hydrogens is 260 g/mol. The van der Waals surface area contributed by atoms with Crippen molar-refractivity contribution in [3.63, 3.8) is 0 Å². The third kappa shape index (κ3) is 3.75. The van der Waals surface area contributed by atoms with E-state index in [1.54, 1.807) is 6.26 Å². The van der Waals surface area contributed by atoms with Crippen LogP contribution in [0.5, 0.6) is 5.75 Å². The van der Waals surface area contributed by atoms with Crippen molar-refractivity contribution in [1.82, 2.24) is 4.98 Å². The maximum Gasteiger partial charge on any atom is 0.255 e. The van der Waals surface area contributed by atoms with Crippen LogP contribution in [0, 0.1) is 6.92 Å². The van der Waals surface area contributed by atoms with Crippen molar-refractivity contribution in [1.29, 1.82) is 0 Å². The number of para-hydroxylation sites is 1. The van der Waals surface area contributed by atoms with Crippen molar-refractivity contribution in [3.8, 4) is 5.75 Å². The number of rotatable bonds is 6. The van der Waals surface area contributed by atoms with Crippen molar-refractivity contribution in [2.45, 2.75) is 25.1 Å². The topological polar surface area (TPSA) is 61.3 Å². The summed E-state index contributed by atoms with van der Waals surface area (Å²) in [5.41, 5.74) is 8.10. The Morgan fingerprint density at radius 3 is 2.89 bits per heavy atom. The molecule has 5 heteroatoms. The zero-order valence-corrected chi connectivity index (χ0v) is 11.9. The number of ether oxygens (including phenoxy) is 1. The molecule has 0 radical (unpaired) electrons. The van der Waals surface area contributed by atoms with Gasteiger partial charge in [0.05, 0.1) is 12.3 Å². The average Bonchev–Trinajstić information content (AvgIpc) is 2.83. The van der Waals surface area contributed by atoms with E-state index in [2.05, 4.69) is 4.98 Å². The Morgan fingerprint density at radius 1 is 1.42 bits per heavy atom. The second-order valence-corrected chi connectivity index (χ2v) is 5.11. The van der Waals surface area contributed by atoms with E-state index in [4.69, 9.17) is 14.9 Å². The van der Waals surface area contributed by atoms with Gasteiger partial charge in [-0.05, 0) is 19.9 Å². The number of thioether (sulfide) groups is 1. The van der Waals surface area contributed by atoms with Gasteiger partial charge in [0.2, 0.25) is 0 Å². The Labute approximate surface area is 117 Å². The lowest BCUT2D eigenvalue weighted by Gasteiger charge is -2.15. The predicted molar refractivity (Wildman–Crippen MR) is 76.5 cm³/mol. The van der Waals surface area contributed by atoms with Gasteiger partial charge in [0.15, 0.2) is 0 Å². The standard InChI is InChI=1S/C14H18N2O2S/c1-3-17-13-7-5-4-6-11(13)12(15)9-19-14-16-10(2)8-18-14/h4-8,12H,3,9,15H2,1-2H3. The highest BCUT2D eigenvalue weighted by Crippen LogP contribution is 2.28. The Hall–Kier alpha value is -1.46. The second kappa shape index (κ2) is 6.63. The fraction of sp³-hybridized carbons (Fsp3) is 0.357. The van der Waals surface area contributed by atoms with Crippen molar-refractivity contribution in [3.05, 3.63) is 41.8 Å². The minimum Gasteiger partial charge on any atom is -0.494 e. The molecule has 0 aliphatic heterocycles. The number of benzene rings is 1. The van der Waals surface area contributed by atoms with Crippen LogP contribution >= 0.6 is 11.8 Å². The van der Waals surface area contributed by atoms with Crippen LogP contribution in [-0.4, -0.2) is 17.3 Å². The zero-order chi connectivity index (χ0) is 13.7. The van der Waals surface area contributed by atoms with Crippen molar-refractivity contribution >= 4 is 11.8 Å². The molecule has 0 saturated heterocycles. The molecule has 1 unspecified atom stereocenters. The van der Waals surface area contributed by atoms with E-state index in [9.17, 15) is 0 Å². The van der Waals surface area contributed by atoms with Crippen molar-refractivity contribution < 1.29 is 9.15 Å². The van der Waals surface area contributed by atoms with E-state index in [1.807, 2.05) is 38.1 Å². The smallest absolute Gasteiger partial charge is 0.255 e. The molecule has 2 N–H and O–H groups in total. The minimum absolute atomic E-state index is 0.111. The summed E-state index contributed by atoms with van der Waals surface area (Å²) in [6, 6.07) is 7.75. The molecule has 102 valence electrons. The van der Waals surface area contributed by atoms with E-state index >= 15 is 0 Å². The lowest BCUT2D eigenvalue weighted by Crippen LogP contribution is -2.14. The summed E-state index contributed by atoms with van der Waals surface area (Å²) in [6.45, 7) is 4.50. The number of oxazole rings is 1. The highest BCUT2D eigenvalue weighted by molar-refractivity contribution is 7.99. The third-order valence-corrected chi connectivity index (χ3v) is 3.56. The van der Waals surface area contributed by atoms with Crippen LogP contribution in [-0.2, 0) is 0 Å². The normalized spacial score (nSPS) is 12.4. The second-order valence-electron chi connectivity index (χ2n) is 4.14. The molecule has 0 saturated carbocycles. The molecule has 1 atom stereocenters. The van der Waals surface area contributed by atoms with Crippen LogP contribution in [0.3, 0.4) is 0 Å². The van der Waals surface area contributed by atoms with Gasteiger partial charge in [-0.15, -0.1) is 0 Å². The number of hydrogen-bond acceptors (Lipinski definition) is 5. The van der Waals surface area contributed by atoms with Crippen LogP contribution < -0.4 is 10.5 Å². The summed E-state index contributed by atoms with van der Waals surface area (Å²) in [5, 5.41) is 0.654. The van der Waals surface area contributed by atoms with E-state index < -0.39 is 0 Å². The van der Waals surface area contributed by atoms with Gasteiger partial charge in [-0.1, -0.05) is 30.0 Å².